The van der Waals surface area contributed by atoms with E-state index in [0.29, 0.717) is 11.1 Å². The van der Waals surface area contributed by atoms with Gasteiger partial charge in [0.15, 0.2) is 0 Å². The maximum Gasteiger partial charge on any atom is 0.251 e. The van der Waals surface area contributed by atoms with Crippen molar-refractivity contribution in [3.05, 3.63) is 35.4 Å². The van der Waals surface area contributed by atoms with Crippen molar-refractivity contribution in [2.24, 2.45) is 0 Å². The standard InChI is InChI=1S/C12H14N2O3/c1-12(17,8-15)7-14-11(16)10-4-2-9(6-13)3-5-10/h2-5,15,17H,7-8H2,1H3,(H,14,16). The van der Waals surface area contributed by atoms with Gasteiger partial charge in [-0.15, -0.1) is 0 Å². The lowest BCUT2D eigenvalue weighted by Crippen LogP contribution is -2.43. The van der Waals surface area contributed by atoms with Crippen molar-refractivity contribution < 1.29 is 15.0 Å². The van der Waals surface area contributed by atoms with E-state index in [0.717, 1.165) is 0 Å². The van der Waals surface area contributed by atoms with E-state index in [1.165, 1.54) is 19.1 Å². The van der Waals surface area contributed by atoms with Crippen LogP contribution in [0.4, 0.5) is 0 Å². The molecule has 1 aromatic carbocycles. The Morgan fingerprint density at radius 2 is 2.06 bits per heavy atom. The quantitative estimate of drug-likeness (QED) is 0.685. The molecule has 3 N–H and O–H groups in total. The van der Waals surface area contributed by atoms with E-state index in [1.807, 2.05) is 6.07 Å². The van der Waals surface area contributed by atoms with Crippen molar-refractivity contribution >= 4 is 5.91 Å². The van der Waals surface area contributed by atoms with Crippen molar-refractivity contribution in [2.45, 2.75) is 12.5 Å². The first kappa shape index (κ1) is 13.2. The first-order valence-electron chi connectivity index (χ1n) is 5.10. The monoisotopic (exact) mass is 234 g/mol. The number of aliphatic hydroxyl groups excluding tert-OH is 1. The largest absolute Gasteiger partial charge is 0.393 e. The Bertz CT molecular complexity index is 432. The SMILES string of the molecule is CC(O)(CO)CNC(=O)c1ccc(C#N)cc1. The highest BCUT2D eigenvalue weighted by Gasteiger charge is 2.20. The number of hydrogen-bond acceptors (Lipinski definition) is 4. The van der Waals surface area contributed by atoms with Crippen molar-refractivity contribution in [3.8, 4) is 6.07 Å². The zero-order valence-electron chi connectivity index (χ0n) is 9.47. The average molecular weight is 234 g/mol. The topological polar surface area (TPSA) is 93.3 Å². The molecule has 0 bridgehead atoms. The highest BCUT2D eigenvalue weighted by Crippen LogP contribution is 2.04. The minimum atomic E-state index is -1.33. The van der Waals surface area contributed by atoms with Gasteiger partial charge in [0, 0.05) is 12.1 Å². The van der Waals surface area contributed by atoms with Gasteiger partial charge in [0.1, 0.15) is 5.60 Å². The van der Waals surface area contributed by atoms with E-state index in [2.05, 4.69) is 5.32 Å². The number of carbonyl (C=O) groups is 1. The number of hydrogen-bond donors (Lipinski definition) is 3. The molecule has 5 nitrogen and oxygen atoms in total. The third-order valence-corrected chi connectivity index (χ3v) is 2.25. The van der Waals surface area contributed by atoms with Gasteiger partial charge in [-0.1, -0.05) is 0 Å². The van der Waals surface area contributed by atoms with Crippen LogP contribution in [-0.4, -0.2) is 34.9 Å². The second-order valence-electron chi connectivity index (χ2n) is 4.03. The third kappa shape index (κ3) is 3.87. The maximum atomic E-state index is 11.6. The molecule has 0 heterocycles. The maximum absolute atomic E-state index is 11.6. The fourth-order valence-electron chi connectivity index (χ4n) is 1.12. The van der Waals surface area contributed by atoms with Gasteiger partial charge in [-0.3, -0.25) is 4.79 Å². The third-order valence-electron chi connectivity index (χ3n) is 2.25. The molecule has 0 radical (unpaired) electrons. The van der Waals surface area contributed by atoms with Crippen LogP contribution in [-0.2, 0) is 0 Å². The smallest absolute Gasteiger partial charge is 0.251 e. The fourth-order valence-corrected chi connectivity index (χ4v) is 1.12. The molecule has 0 spiro atoms. The Labute approximate surface area is 99.3 Å². The van der Waals surface area contributed by atoms with Crippen LogP contribution in [0.15, 0.2) is 24.3 Å². The van der Waals surface area contributed by atoms with Gasteiger partial charge in [0.2, 0.25) is 0 Å². The lowest BCUT2D eigenvalue weighted by Gasteiger charge is -2.20. The summed E-state index contributed by atoms with van der Waals surface area (Å²) in [4.78, 5) is 11.6. The van der Waals surface area contributed by atoms with Crippen LogP contribution < -0.4 is 5.32 Å². The van der Waals surface area contributed by atoms with Crippen molar-refractivity contribution in [2.75, 3.05) is 13.2 Å². The molecule has 90 valence electrons. The number of nitrogens with one attached hydrogen (secondary N) is 1. The van der Waals surface area contributed by atoms with Crippen LogP contribution in [0.3, 0.4) is 0 Å². The van der Waals surface area contributed by atoms with E-state index in [4.69, 9.17) is 10.4 Å². The van der Waals surface area contributed by atoms with Gasteiger partial charge >= 0.3 is 0 Å². The van der Waals surface area contributed by atoms with Gasteiger partial charge in [0.05, 0.1) is 18.2 Å². The molecular formula is C12H14N2O3. The van der Waals surface area contributed by atoms with E-state index in [1.54, 1.807) is 12.1 Å². The predicted octanol–water partition coefficient (Wildman–Crippen LogP) is 0.0314. The number of amides is 1. The molecule has 0 saturated heterocycles. The van der Waals surface area contributed by atoms with Gasteiger partial charge in [0.25, 0.3) is 5.91 Å². The summed E-state index contributed by atoms with van der Waals surface area (Å²) < 4.78 is 0. The molecule has 0 aliphatic carbocycles. The fraction of sp³-hybridized carbons (Fsp3) is 0.333. The molecule has 17 heavy (non-hydrogen) atoms. The van der Waals surface area contributed by atoms with Gasteiger partial charge < -0.3 is 15.5 Å². The molecule has 1 rings (SSSR count). The van der Waals surface area contributed by atoms with Crippen LogP contribution in [0, 0.1) is 11.3 Å². The molecule has 0 fully saturated rings. The summed E-state index contributed by atoms with van der Waals surface area (Å²) in [7, 11) is 0. The molecule has 0 aliphatic heterocycles. The predicted molar refractivity (Wildman–Crippen MR) is 61.2 cm³/mol. The first-order valence-corrected chi connectivity index (χ1v) is 5.10. The van der Waals surface area contributed by atoms with Crippen molar-refractivity contribution in [3.63, 3.8) is 0 Å². The Morgan fingerprint density at radius 1 is 1.47 bits per heavy atom. The molecule has 1 aromatic rings. The Morgan fingerprint density at radius 3 is 2.53 bits per heavy atom. The van der Waals surface area contributed by atoms with Gasteiger partial charge in [-0.2, -0.15) is 5.26 Å². The van der Waals surface area contributed by atoms with E-state index in [9.17, 15) is 9.90 Å². The van der Waals surface area contributed by atoms with E-state index >= 15 is 0 Å². The minimum Gasteiger partial charge on any atom is -0.393 e. The van der Waals surface area contributed by atoms with Crippen LogP contribution in [0.2, 0.25) is 0 Å². The van der Waals surface area contributed by atoms with E-state index in [-0.39, 0.29) is 12.5 Å². The van der Waals surface area contributed by atoms with Crippen LogP contribution >= 0.6 is 0 Å². The second kappa shape index (κ2) is 5.43. The lowest BCUT2D eigenvalue weighted by molar-refractivity contribution is 0.00320. The summed E-state index contributed by atoms with van der Waals surface area (Å²) in [5.74, 6) is -0.358. The van der Waals surface area contributed by atoms with Crippen molar-refractivity contribution in [1.29, 1.82) is 5.26 Å². The lowest BCUT2D eigenvalue weighted by atomic mass is 10.1. The highest BCUT2D eigenvalue weighted by molar-refractivity contribution is 5.94. The summed E-state index contributed by atoms with van der Waals surface area (Å²) in [5.41, 5.74) is -0.455. The molecule has 5 heteroatoms. The second-order valence-corrected chi connectivity index (χ2v) is 4.03. The number of nitriles is 1. The number of nitrogens with zero attached hydrogens (tertiary/aromatic N) is 1. The zero-order valence-corrected chi connectivity index (χ0v) is 9.47. The number of benzene rings is 1. The average Bonchev–Trinajstić information content (AvgIpc) is 2.36. The number of carbonyl (C=O) groups excluding carboxylic acids is 1. The van der Waals surface area contributed by atoms with Gasteiger partial charge in [-0.05, 0) is 31.2 Å². The molecule has 0 aromatic heterocycles. The van der Waals surface area contributed by atoms with Crippen LogP contribution in [0.5, 0.6) is 0 Å². The minimum absolute atomic E-state index is 0.0394. The summed E-state index contributed by atoms with van der Waals surface area (Å²) in [6, 6.07) is 8.09. The molecule has 0 aliphatic rings. The Hall–Kier alpha value is -1.90. The molecule has 1 atom stereocenters. The molecule has 1 amide bonds. The Balaban J connectivity index is 2.62. The zero-order chi connectivity index (χ0) is 12.9. The summed E-state index contributed by atoms with van der Waals surface area (Å²) >= 11 is 0. The summed E-state index contributed by atoms with van der Waals surface area (Å²) in [6.07, 6.45) is 0. The number of rotatable bonds is 4. The number of aliphatic hydroxyl groups is 2. The van der Waals surface area contributed by atoms with Crippen LogP contribution in [0.1, 0.15) is 22.8 Å². The molecule has 0 saturated carbocycles. The normalized spacial score (nSPS) is 13.5. The molecule has 1 unspecified atom stereocenters. The van der Waals surface area contributed by atoms with Gasteiger partial charge in [-0.25, -0.2) is 0 Å². The summed E-state index contributed by atoms with van der Waals surface area (Å²) in [5, 5.41) is 29.4. The summed E-state index contributed by atoms with van der Waals surface area (Å²) in [6.45, 7) is 0.953. The van der Waals surface area contributed by atoms with Crippen LogP contribution in [0.25, 0.3) is 0 Å². The Kier molecular flexibility index (Phi) is 4.21. The van der Waals surface area contributed by atoms with E-state index < -0.39 is 12.2 Å². The highest BCUT2D eigenvalue weighted by atomic mass is 16.3. The van der Waals surface area contributed by atoms with Crippen molar-refractivity contribution in [1.82, 2.24) is 5.32 Å². The molecular weight excluding hydrogens is 220 g/mol. The first-order chi connectivity index (χ1) is 7.98.